The summed E-state index contributed by atoms with van der Waals surface area (Å²) < 4.78 is 0. The van der Waals surface area contributed by atoms with E-state index in [1.54, 1.807) is 11.9 Å². The minimum Gasteiger partial charge on any atom is -0.346 e. The average molecular weight is 339 g/mol. The molecule has 0 fully saturated rings. The molecule has 0 spiro atoms. The maximum Gasteiger partial charge on any atom is 0.242 e. The number of benzene rings is 2. The molecule has 2 aromatic rings. The first kappa shape index (κ1) is 18.7. The van der Waals surface area contributed by atoms with Crippen molar-refractivity contribution in [1.29, 1.82) is 0 Å². The minimum atomic E-state index is -0.535. The fourth-order valence-corrected chi connectivity index (χ4v) is 2.85. The van der Waals surface area contributed by atoms with Crippen molar-refractivity contribution in [1.82, 2.24) is 10.2 Å². The molecule has 0 radical (unpaired) electrons. The van der Waals surface area contributed by atoms with Crippen LogP contribution in [0.2, 0.25) is 0 Å². The molecule has 1 unspecified atom stereocenters. The monoisotopic (exact) mass is 339 g/mol. The van der Waals surface area contributed by atoms with Crippen LogP contribution in [0.1, 0.15) is 18.1 Å². The zero-order chi connectivity index (χ0) is 18.3. The third kappa shape index (κ3) is 4.67. The Morgan fingerprint density at radius 2 is 1.60 bits per heavy atom. The van der Waals surface area contributed by atoms with Crippen LogP contribution in [0.15, 0.2) is 60.7 Å². The van der Waals surface area contributed by atoms with Gasteiger partial charge < -0.3 is 16.0 Å². The molecule has 25 heavy (non-hydrogen) atoms. The second-order valence-electron chi connectivity index (χ2n) is 6.24. The summed E-state index contributed by atoms with van der Waals surface area (Å²) in [6.07, 6.45) is 0.672. The number of hydrogen-bond acceptors (Lipinski definition) is 3. The number of nitrogens with two attached hydrogens (primary N) is 1. The van der Waals surface area contributed by atoms with Crippen molar-refractivity contribution in [3.05, 3.63) is 71.8 Å². The standard InChI is InChI=1S/C20H25N3O2/c1-20(17-11-7-4-8-12-17,13-16-9-5-3-6-10-16)23(2)19(25)15-22-18(24)14-21/h3-12H,13-15,21H2,1-2H3,(H,22,24). The first-order valence-corrected chi connectivity index (χ1v) is 8.30. The van der Waals surface area contributed by atoms with Gasteiger partial charge in [0.05, 0.1) is 18.6 Å². The lowest BCUT2D eigenvalue weighted by Gasteiger charge is -2.40. The summed E-state index contributed by atoms with van der Waals surface area (Å²) in [7, 11) is 1.77. The number of amides is 2. The summed E-state index contributed by atoms with van der Waals surface area (Å²) >= 11 is 0. The van der Waals surface area contributed by atoms with Crippen molar-refractivity contribution in [3.8, 4) is 0 Å². The summed E-state index contributed by atoms with van der Waals surface area (Å²) in [4.78, 5) is 25.7. The number of likely N-dealkylation sites (N-methyl/N-ethyl adjacent to an activating group) is 1. The molecule has 132 valence electrons. The third-order valence-electron chi connectivity index (χ3n) is 4.52. The molecule has 0 aliphatic heterocycles. The molecule has 1 atom stereocenters. The van der Waals surface area contributed by atoms with E-state index in [4.69, 9.17) is 5.73 Å². The Hall–Kier alpha value is -2.66. The van der Waals surface area contributed by atoms with Gasteiger partial charge in [0.25, 0.3) is 0 Å². The molecule has 0 saturated heterocycles. The molecule has 5 nitrogen and oxygen atoms in total. The fraction of sp³-hybridized carbons (Fsp3) is 0.300. The number of rotatable bonds is 7. The zero-order valence-electron chi connectivity index (χ0n) is 14.7. The van der Waals surface area contributed by atoms with Crippen LogP contribution in [0.3, 0.4) is 0 Å². The highest BCUT2D eigenvalue weighted by Crippen LogP contribution is 2.31. The van der Waals surface area contributed by atoms with E-state index in [-0.39, 0.29) is 24.9 Å². The Bertz CT molecular complexity index is 703. The van der Waals surface area contributed by atoms with E-state index in [9.17, 15) is 9.59 Å². The van der Waals surface area contributed by atoms with E-state index in [1.807, 2.05) is 55.5 Å². The number of carbonyl (C=O) groups excluding carboxylic acids is 2. The van der Waals surface area contributed by atoms with Crippen LogP contribution in [0.25, 0.3) is 0 Å². The summed E-state index contributed by atoms with van der Waals surface area (Å²) in [5.41, 5.74) is 6.92. The highest BCUT2D eigenvalue weighted by Gasteiger charge is 2.34. The second-order valence-corrected chi connectivity index (χ2v) is 6.24. The summed E-state index contributed by atoms with van der Waals surface area (Å²) in [5, 5.41) is 2.55. The van der Waals surface area contributed by atoms with Crippen molar-refractivity contribution in [2.45, 2.75) is 18.9 Å². The van der Waals surface area contributed by atoms with E-state index in [2.05, 4.69) is 17.4 Å². The Kier molecular flexibility index (Phi) is 6.31. The Labute approximate surface area is 148 Å². The summed E-state index contributed by atoms with van der Waals surface area (Å²) in [6, 6.07) is 20.0. The van der Waals surface area contributed by atoms with E-state index in [0.717, 1.165) is 11.1 Å². The molecule has 0 aromatic heterocycles. The molecule has 0 aliphatic carbocycles. The topological polar surface area (TPSA) is 75.4 Å². The van der Waals surface area contributed by atoms with Crippen LogP contribution in [0.4, 0.5) is 0 Å². The SMILES string of the molecule is CN(C(=O)CNC(=O)CN)C(C)(Cc1ccccc1)c1ccccc1. The maximum atomic E-state index is 12.6. The molecule has 0 bridgehead atoms. The maximum absolute atomic E-state index is 12.6. The molecular weight excluding hydrogens is 314 g/mol. The van der Waals surface area contributed by atoms with Crippen molar-refractivity contribution in [3.63, 3.8) is 0 Å². The molecule has 5 heteroatoms. The number of nitrogens with zero attached hydrogens (tertiary/aromatic N) is 1. The summed E-state index contributed by atoms with van der Waals surface area (Å²) in [6.45, 7) is 1.85. The lowest BCUT2D eigenvalue weighted by atomic mass is 9.84. The van der Waals surface area contributed by atoms with Gasteiger partial charge in [-0.15, -0.1) is 0 Å². The van der Waals surface area contributed by atoms with Crippen LogP contribution in [0.5, 0.6) is 0 Å². The normalized spacial score (nSPS) is 12.9. The Morgan fingerprint density at radius 1 is 1.04 bits per heavy atom. The van der Waals surface area contributed by atoms with Gasteiger partial charge in [0, 0.05) is 7.05 Å². The number of nitrogens with one attached hydrogen (secondary N) is 1. The second kappa shape index (κ2) is 8.44. The van der Waals surface area contributed by atoms with Gasteiger partial charge in [-0.25, -0.2) is 0 Å². The Morgan fingerprint density at radius 3 is 2.16 bits per heavy atom. The van der Waals surface area contributed by atoms with Gasteiger partial charge in [-0.3, -0.25) is 9.59 Å². The van der Waals surface area contributed by atoms with Crippen LogP contribution in [-0.4, -0.2) is 36.9 Å². The fourth-order valence-electron chi connectivity index (χ4n) is 2.85. The molecule has 2 amide bonds. The first-order valence-electron chi connectivity index (χ1n) is 8.30. The van der Waals surface area contributed by atoms with Gasteiger partial charge in [-0.1, -0.05) is 60.7 Å². The average Bonchev–Trinajstić information content (AvgIpc) is 2.66. The predicted octanol–water partition coefficient (Wildman–Crippen LogP) is 1.68. The van der Waals surface area contributed by atoms with Crippen LogP contribution in [0, 0.1) is 0 Å². The first-order chi connectivity index (χ1) is 12.0. The van der Waals surface area contributed by atoms with E-state index in [1.165, 1.54) is 0 Å². The van der Waals surface area contributed by atoms with Crippen LogP contribution >= 0.6 is 0 Å². The highest BCUT2D eigenvalue weighted by atomic mass is 16.2. The van der Waals surface area contributed by atoms with Gasteiger partial charge in [-0.05, 0) is 24.5 Å². The van der Waals surface area contributed by atoms with Gasteiger partial charge in [-0.2, -0.15) is 0 Å². The highest BCUT2D eigenvalue weighted by molar-refractivity contribution is 5.85. The van der Waals surface area contributed by atoms with Crippen molar-refractivity contribution in [2.75, 3.05) is 20.1 Å². The Balaban J connectivity index is 2.27. The smallest absolute Gasteiger partial charge is 0.242 e. The van der Waals surface area contributed by atoms with Crippen LogP contribution < -0.4 is 11.1 Å². The van der Waals surface area contributed by atoms with Crippen LogP contribution in [-0.2, 0) is 21.5 Å². The minimum absolute atomic E-state index is 0.0657. The summed E-state index contributed by atoms with van der Waals surface area (Å²) in [5.74, 6) is -0.504. The lowest BCUT2D eigenvalue weighted by molar-refractivity contribution is -0.136. The zero-order valence-corrected chi connectivity index (χ0v) is 14.7. The van der Waals surface area contributed by atoms with Crippen molar-refractivity contribution < 1.29 is 9.59 Å². The van der Waals surface area contributed by atoms with E-state index in [0.29, 0.717) is 6.42 Å². The predicted molar refractivity (Wildman–Crippen MR) is 98.8 cm³/mol. The third-order valence-corrected chi connectivity index (χ3v) is 4.52. The molecule has 2 aromatic carbocycles. The van der Waals surface area contributed by atoms with Crippen molar-refractivity contribution in [2.24, 2.45) is 5.73 Å². The van der Waals surface area contributed by atoms with E-state index < -0.39 is 5.54 Å². The quantitative estimate of drug-likeness (QED) is 0.806. The number of carbonyl (C=O) groups is 2. The van der Waals surface area contributed by atoms with E-state index >= 15 is 0 Å². The molecule has 0 saturated carbocycles. The van der Waals surface area contributed by atoms with Gasteiger partial charge in [0.15, 0.2) is 0 Å². The molecule has 2 rings (SSSR count). The molecular formula is C20H25N3O2. The molecule has 0 heterocycles. The van der Waals surface area contributed by atoms with Gasteiger partial charge >= 0.3 is 0 Å². The largest absolute Gasteiger partial charge is 0.346 e. The van der Waals surface area contributed by atoms with Gasteiger partial charge in [0.1, 0.15) is 0 Å². The molecule has 0 aliphatic rings. The van der Waals surface area contributed by atoms with Crippen molar-refractivity contribution >= 4 is 11.8 Å². The lowest BCUT2D eigenvalue weighted by Crippen LogP contribution is -2.50. The molecule has 3 N–H and O–H groups in total. The van der Waals surface area contributed by atoms with Gasteiger partial charge in [0.2, 0.25) is 11.8 Å². The number of hydrogen-bond donors (Lipinski definition) is 2.